The molecule has 0 aliphatic heterocycles. The molecule has 2 amide bonds. The molecule has 4 aromatic carbocycles. The Morgan fingerprint density at radius 1 is 0.684 bits per heavy atom. The number of aliphatic hydroxyl groups excluding tert-OH is 1. The third kappa shape index (κ3) is 10.1. The van der Waals surface area contributed by atoms with Crippen LogP contribution in [-0.4, -0.2) is 27.1 Å². The van der Waals surface area contributed by atoms with E-state index in [0.29, 0.717) is 17.0 Å². The summed E-state index contributed by atoms with van der Waals surface area (Å²) in [7, 11) is 0. The lowest BCUT2D eigenvalue weighted by Crippen LogP contribution is -2.33. The maximum atomic E-state index is 14.4. The molecule has 0 fully saturated rings. The predicted molar refractivity (Wildman–Crippen MR) is 195 cm³/mol. The lowest BCUT2D eigenvalue weighted by atomic mass is 10.1. The van der Waals surface area contributed by atoms with Crippen molar-refractivity contribution in [2.24, 2.45) is 5.73 Å². The number of carbonyl (C=O) groups excluding carboxylic acids is 2. The molecule has 0 unspecified atom stereocenters. The van der Waals surface area contributed by atoms with Crippen LogP contribution in [0.2, 0.25) is 0 Å². The Kier molecular flexibility index (Phi) is 14.0. The van der Waals surface area contributed by atoms with Crippen LogP contribution in [0.1, 0.15) is 25.5 Å². The molecule has 57 heavy (non-hydrogen) atoms. The van der Waals surface area contributed by atoms with Gasteiger partial charge in [-0.3, -0.25) is 4.79 Å². The predicted octanol–water partition coefficient (Wildman–Crippen LogP) is 9.76. The van der Waals surface area contributed by atoms with Crippen LogP contribution in [0.15, 0.2) is 97.1 Å². The zero-order chi connectivity index (χ0) is 40.7. The molecule has 0 aliphatic carbocycles. The molecule has 2 aromatic heterocycles. The minimum Gasteiger partial charge on any atom is -0.461 e. The Hall–Kier alpha value is -6.88. The first-order valence-electron chi connectivity index (χ1n) is 16.1. The zero-order valence-electron chi connectivity index (χ0n) is 28.8. The molecule has 6 rings (SSSR count). The average molecular weight is 798 g/mol. The Balaban J connectivity index is 0.000000254. The highest BCUT2D eigenvalue weighted by atomic mass is 19.2. The second-order valence-electron chi connectivity index (χ2n) is 11.5. The number of pyridine rings is 2. The van der Waals surface area contributed by atoms with E-state index in [2.05, 4.69) is 15.3 Å². The van der Waals surface area contributed by atoms with Gasteiger partial charge in [0.15, 0.2) is 0 Å². The summed E-state index contributed by atoms with van der Waals surface area (Å²) in [5, 5.41) is 11.9. The second kappa shape index (κ2) is 18.6. The van der Waals surface area contributed by atoms with Crippen LogP contribution in [0, 0.1) is 46.5 Å². The van der Waals surface area contributed by atoms with Gasteiger partial charge in [0.25, 0.3) is 0 Å². The van der Waals surface area contributed by atoms with E-state index in [1.54, 1.807) is 0 Å². The van der Waals surface area contributed by atoms with Gasteiger partial charge in [0.1, 0.15) is 76.2 Å². The summed E-state index contributed by atoms with van der Waals surface area (Å²) in [5.74, 6) is -8.17. The third-order valence-electron chi connectivity index (χ3n) is 7.74. The number of halogens is 8. The molecule has 0 saturated carbocycles. The summed E-state index contributed by atoms with van der Waals surface area (Å²) in [6.07, 6.45) is 0. The molecule has 0 aliphatic rings. The minimum absolute atomic E-state index is 0. The quantitative estimate of drug-likeness (QED) is 0.0981. The number of nitrogens with one attached hydrogen (secondary N) is 1. The Morgan fingerprint density at radius 2 is 1.19 bits per heavy atom. The van der Waals surface area contributed by atoms with Crippen molar-refractivity contribution in [3.63, 3.8) is 0 Å². The van der Waals surface area contributed by atoms with Crippen molar-refractivity contribution in [1.82, 2.24) is 9.97 Å². The van der Waals surface area contributed by atoms with Crippen molar-refractivity contribution in [2.75, 3.05) is 10.2 Å². The zero-order valence-corrected chi connectivity index (χ0v) is 28.8. The van der Waals surface area contributed by atoms with Crippen molar-refractivity contribution in [1.29, 1.82) is 0 Å². The van der Waals surface area contributed by atoms with E-state index in [4.69, 9.17) is 10.5 Å². The number of primary amides is 1. The number of para-hydroxylation sites is 2. The smallest absolute Gasteiger partial charge is 0.325 e. The van der Waals surface area contributed by atoms with E-state index >= 15 is 0 Å². The summed E-state index contributed by atoms with van der Waals surface area (Å²) in [6.45, 7) is 0.405. The van der Waals surface area contributed by atoms with Crippen LogP contribution in [0.3, 0.4) is 0 Å². The molecule has 0 bridgehead atoms. The number of anilines is 4. The molecule has 0 atom stereocenters. The van der Waals surface area contributed by atoms with Crippen molar-refractivity contribution in [3.05, 3.63) is 155 Å². The maximum Gasteiger partial charge on any atom is 0.325 e. The number of urea groups is 1. The number of carbonyl (C=O) groups is 2. The lowest BCUT2D eigenvalue weighted by Gasteiger charge is -2.22. The molecule has 9 nitrogen and oxygen atoms in total. The Labute approximate surface area is 320 Å². The Morgan fingerprint density at radius 3 is 1.68 bits per heavy atom. The molecule has 2 heterocycles. The fourth-order valence-electron chi connectivity index (χ4n) is 5.20. The van der Waals surface area contributed by atoms with Gasteiger partial charge in [0.2, 0.25) is 0 Å². The summed E-state index contributed by atoms with van der Waals surface area (Å²) < 4.78 is 116. The van der Waals surface area contributed by atoms with Gasteiger partial charge in [0.05, 0.1) is 18.0 Å². The van der Waals surface area contributed by atoms with Crippen LogP contribution >= 0.6 is 0 Å². The van der Waals surface area contributed by atoms with E-state index in [0.717, 1.165) is 55.5 Å². The van der Waals surface area contributed by atoms with Crippen molar-refractivity contribution in [3.8, 4) is 22.5 Å². The number of benzene rings is 4. The summed E-state index contributed by atoms with van der Waals surface area (Å²) in [4.78, 5) is 31.9. The number of nitrogens with zero attached hydrogens (tertiary/aromatic N) is 3. The third-order valence-corrected chi connectivity index (χ3v) is 7.74. The van der Waals surface area contributed by atoms with Crippen LogP contribution < -0.4 is 16.0 Å². The van der Waals surface area contributed by atoms with Gasteiger partial charge in [-0.2, -0.15) is 0 Å². The van der Waals surface area contributed by atoms with Crippen LogP contribution in [0.4, 0.5) is 62.9 Å². The number of esters is 1. The van der Waals surface area contributed by atoms with Gasteiger partial charge in [-0.05, 0) is 66.7 Å². The number of rotatable bonds is 9. The number of aliphatic hydroxyl groups is 1. The number of hydrogen-bond donors (Lipinski definition) is 3. The monoisotopic (exact) mass is 797 g/mol. The molecular weight excluding hydrogens is 766 g/mol. The van der Waals surface area contributed by atoms with Crippen molar-refractivity contribution < 1.29 is 54.6 Å². The number of nitrogens with two attached hydrogens (primary N) is 1. The maximum absolute atomic E-state index is 14.4. The SMILES string of the molecule is C.CC(=O)OCc1ccc(N(C(N)=O)c2c(F)cccc2F)nc1-c1ccc(F)cc1F.OCc1ccc(Nc2c(F)cccc2F)nc1-c1ccc(F)cc1F. The number of aromatic nitrogens is 2. The molecule has 0 saturated heterocycles. The van der Waals surface area contributed by atoms with Crippen molar-refractivity contribution in [2.45, 2.75) is 27.6 Å². The summed E-state index contributed by atoms with van der Waals surface area (Å²) >= 11 is 0. The van der Waals surface area contributed by atoms with Gasteiger partial charge < -0.3 is 20.9 Å². The number of amides is 2. The average Bonchev–Trinajstić information content (AvgIpc) is 3.14. The molecule has 6 aromatic rings. The lowest BCUT2D eigenvalue weighted by molar-refractivity contribution is -0.142. The van der Waals surface area contributed by atoms with Gasteiger partial charge in [-0.15, -0.1) is 0 Å². The molecule has 4 N–H and O–H groups in total. The summed E-state index contributed by atoms with van der Waals surface area (Å²) in [5.41, 5.74) is 4.31. The van der Waals surface area contributed by atoms with Crippen molar-refractivity contribution >= 4 is 35.0 Å². The topological polar surface area (TPSA) is 131 Å². The van der Waals surface area contributed by atoms with Gasteiger partial charge >= 0.3 is 12.0 Å². The molecule has 0 spiro atoms. The Bertz CT molecular complexity index is 2400. The highest BCUT2D eigenvalue weighted by molar-refractivity contribution is 5.98. The van der Waals surface area contributed by atoms with Gasteiger partial charge in [0, 0.05) is 41.3 Å². The standard InChI is InChI=1S/C21H15F4N3O3.C18H12F4N2O.CH4/c1-11(29)31-10-12-5-8-18(27-19(12)14-7-6-13(22)9-17(14)25)28(21(26)30)20-15(23)3-2-4-16(20)24;19-11-5-6-12(15(22)8-11)17-10(9-25)4-7-16(23-17)24-18-13(20)2-1-3-14(18)21;/h2-9H,10H2,1H3,(H2,26,30);1-8,25H,9H2,(H,23,24);1H4. The first-order valence-corrected chi connectivity index (χ1v) is 16.1. The minimum atomic E-state index is -1.25. The van der Waals surface area contributed by atoms with Gasteiger partial charge in [-0.1, -0.05) is 25.6 Å². The molecule has 0 radical (unpaired) electrons. The second-order valence-corrected chi connectivity index (χ2v) is 11.5. The van der Waals surface area contributed by atoms with E-state index in [1.165, 1.54) is 36.4 Å². The number of ether oxygens (including phenoxy) is 1. The van der Waals surface area contributed by atoms with Crippen LogP contribution in [-0.2, 0) is 22.7 Å². The fourth-order valence-corrected chi connectivity index (χ4v) is 5.20. The fraction of sp³-hybridized carbons (Fsp3) is 0.100. The highest BCUT2D eigenvalue weighted by Gasteiger charge is 2.26. The van der Waals surface area contributed by atoms with Gasteiger partial charge in [-0.25, -0.2) is 54.8 Å². The van der Waals surface area contributed by atoms with Crippen LogP contribution in [0.5, 0.6) is 0 Å². The summed E-state index contributed by atoms with van der Waals surface area (Å²) in [6, 6.07) is 16.0. The first-order chi connectivity index (χ1) is 26.7. The van der Waals surface area contributed by atoms with E-state index < -0.39 is 76.5 Å². The normalized spacial score (nSPS) is 10.5. The molecule has 17 heteroatoms. The first kappa shape index (κ1) is 42.9. The van der Waals surface area contributed by atoms with Crippen LogP contribution in [0.25, 0.3) is 22.5 Å². The highest BCUT2D eigenvalue weighted by Crippen LogP contribution is 2.34. The molecule has 296 valence electrons. The van der Waals surface area contributed by atoms with E-state index in [9.17, 15) is 49.8 Å². The van der Waals surface area contributed by atoms with E-state index in [1.807, 2.05) is 0 Å². The number of hydrogen-bond acceptors (Lipinski definition) is 7. The largest absolute Gasteiger partial charge is 0.461 e. The van der Waals surface area contributed by atoms with E-state index in [-0.39, 0.29) is 59.3 Å². The molecular formula is C40H31F8N5O4.